The molecule has 0 aliphatic carbocycles. The van der Waals surface area contributed by atoms with Gasteiger partial charge in [0.15, 0.2) is 5.76 Å². The van der Waals surface area contributed by atoms with Gasteiger partial charge in [0.05, 0.1) is 12.8 Å². The first-order chi connectivity index (χ1) is 15.8. The van der Waals surface area contributed by atoms with E-state index in [2.05, 4.69) is 10.1 Å². The van der Waals surface area contributed by atoms with E-state index in [-0.39, 0.29) is 5.82 Å². The first-order valence-electron chi connectivity index (χ1n) is 10.3. The maximum atomic E-state index is 14.6. The fourth-order valence-corrected chi connectivity index (χ4v) is 3.94. The molecule has 7 heteroatoms. The van der Waals surface area contributed by atoms with Gasteiger partial charge in [-0.3, -0.25) is 4.98 Å². The molecule has 0 amide bonds. The third kappa shape index (κ3) is 3.63. The van der Waals surface area contributed by atoms with Gasteiger partial charge in [-0.1, -0.05) is 47.6 Å². The molecule has 2 N–H and O–H groups in total. The van der Waals surface area contributed by atoms with Crippen LogP contribution in [0.5, 0.6) is 0 Å². The predicted octanol–water partition coefficient (Wildman–Crippen LogP) is 4.83. The lowest BCUT2D eigenvalue weighted by molar-refractivity contribution is 0.00514. The van der Waals surface area contributed by atoms with E-state index in [1.165, 1.54) is 6.07 Å². The summed E-state index contributed by atoms with van der Waals surface area (Å²) >= 11 is 0. The SMILES string of the molecule is NCc1ccccc1C1ON=C(c2ccco2)N1Cc1cnccc1-c1ccccc1F. The molecule has 0 saturated heterocycles. The number of nitrogens with zero attached hydrogens (tertiary/aromatic N) is 3. The molecule has 1 aliphatic heterocycles. The second-order valence-corrected chi connectivity index (χ2v) is 7.39. The fourth-order valence-electron chi connectivity index (χ4n) is 3.94. The number of rotatable bonds is 6. The second kappa shape index (κ2) is 8.64. The first kappa shape index (κ1) is 20.0. The van der Waals surface area contributed by atoms with E-state index < -0.39 is 6.23 Å². The third-order valence-electron chi connectivity index (χ3n) is 5.49. The topological polar surface area (TPSA) is 76.9 Å². The molecular formula is C25H21FN4O2. The summed E-state index contributed by atoms with van der Waals surface area (Å²) in [6.45, 7) is 0.744. The molecule has 4 aromatic rings. The Morgan fingerprint density at radius 2 is 1.78 bits per heavy atom. The average Bonchev–Trinajstić information content (AvgIpc) is 3.50. The van der Waals surface area contributed by atoms with Gasteiger partial charge in [0.1, 0.15) is 5.82 Å². The molecule has 0 saturated carbocycles. The Labute approximate surface area is 184 Å². The zero-order valence-electron chi connectivity index (χ0n) is 17.2. The molecule has 3 heterocycles. The van der Waals surface area contributed by atoms with Crippen LogP contribution in [0.4, 0.5) is 4.39 Å². The van der Waals surface area contributed by atoms with Crippen molar-refractivity contribution in [1.82, 2.24) is 9.88 Å². The van der Waals surface area contributed by atoms with Crippen LogP contribution in [-0.4, -0.2) is 15.7 Å². The highest BCUT2D eigenvalue weighted by atomic mass is 19.1. The highest BCUT2D eigenvalue weighted by molar-refractivity contribution is 5.97. The quantitative estimate of drug-likeness (QED) is 0.476. The van der Waals surface area contributed by atoms with Crippen molar-refractivity contribution in [2.45, 2.75) is 19.3 Å². The average molecular weight is 428 g/mol. The van der Waals surface area contributed by atoms with Crippen molar-refractivity contribution < 1.29 is 13.6 Å². The first-order valence-corrected chi connectivity index (χ1v) is 10.3. The van der Waals surface area contributed by atoms with E-state index in [1.54, 1.807) is 36.9 Å². The molecule has 1 aliphatic rings. The Kier molecular flexibility index (Phi) is 5.39. The Hall–Kier alpha value is -3.97. The Bertz CT molecular complexity index is 1260. The minimum absolute atomic E-state index is 0.289. The van der Waals surface area contributed by atoms with Crippen LogP contribution in [0.2, 0.25) is 0 Å². The van der Waals surface area contributed by atoms with Gasteiger partial charge in [-0.2, -0.15) is 0 Å². The van der Waals surface area contributed by atoms with Crippen LogP contribution in [0, 0.1) is 5.82 Å². The summed E-state index contributed by atoms with van der Waals surface area (Å²) in [6, 6.07) is 20.0. The van der Waals surface area contributed by atoms with Crippen LogP contribution >= 0.6 is 0 Å². The van der Waals surface area contributed by atoms with Gasteiger partial charge in [-0.05, 0) is 41.0 Å². The van der Waals surface area contributed by atoms with Gasteiger partial charge >= 0.3 is 0 Å². The molecular weight excluding hydrogens is 407 g/mol. The van der Waals surface area contributed by atoms with Gasteiger partial charge in [-0.15, -0.1) is 0 Å². The molecule has 0 radical (unpaired) electrons. The monoisotopic (exact) mass is 428 g/mol. The molecule has 0 spiro atoms. The number of nitrogens with two attached hydrogens (primary N) is 1. The van der Waals surface area contributed by atoms with Crippen molar-refractivity contribution in [2.75, 3.05) is 0 Å². The fraction of sp³-hybridized carbons (Fsp3) is 0.120. The Morgan fingerprint density at radius 3 is 2.59 bits per heavy atom. The summed E-state index contributed by atoms with van der Waals surface area (Å²) in [5.74, 6) is 0.840. The highest BCUT2D eigenvalue weighted by Crippen LogP contribution is 2.35. The summed E-state index contributed by atoms with van der Waals surface area (Å²) in [4.78, 5) is 12.1. The van der Waals surface area contributed by atoms with Gasteiger partial charge in [-0.25, -0.2) is 4.39 Å². The lowest BCUT2D eigenvalue weighted by atomic mass is 10.00. The van der Waals surface area contributed by atoms with Gasteiger partial charge in [0.25, 0.3) is 0 Å². The molecule has 0 bridgehead atoms. The van der Waals surface area contributed by atoms with Crippen LogP contribution < -0.4 is 5.73 Å². The van der Waals surface area contributed by atoms with Gasteiger partial charge < -0.3 is 19.9 Å². The van der Waals surface area contributed by atoms with Crippen molar-refractivity contribution in [2.24, 2.45) is 10.9 Å². The standard InChI is InChI=1S/C25H21FN4O2/c26-22-9-4-3-8-21(22)19-11-12-28-15-18(19)16-30-24(23-10-5-13-31-23)29-32-25(30)20-7-2-1-6-17(20)14-27/h1-13,15,25H,14,16,27H2. The van der Waals surface area contributed by atoms with Gasteiger partial charge in [0, 0.05) is 30.1 Å². The number of hydrogen-bond acceptors (Lipinski definition) is 6. The van der Waals surface area contributed by atoms with Crippen molar-refractivity contribution >= 4 is 5.84 Å². The van der Waals surface area contributed by atoms with Crippen LogP contribution in [0.1, 0.15) is 28.7 Å². The zero-order valence-corrected chi connectivity index (χ0v) is 17.2. The number of oxime groups is 1. The molecule has 0 fully saturated rings. The minimum Gasteiger partial charge on any atom is -0.461 e. The third-order valence-corrected chi connectivity index (χ3v) is 5.49. The van der Waals surface area contributed by atoms with Crippen molar-refractivity contribution in [3.8, 4) is 11.1 Å². The molecule has 5 rings (SSSR count). The van der Waals surface area contributed by atoms with Crippen molar-refractivity contribution in [1.29, 1.82) is 0 Å². The largest absolute Gasteiger partial charge is 0.461 e. The number of pyridine rings is 1. The van der Waals surface area contributed by atoms with Crippen molar-refractivity contribution in [3.63, 3.8) is 0 Å². The maximum absolute atomic E-state index is 14.6. The number of amidine groups is 1. The number of hydrogen-bond donors (Lipinski definition) is 1. The van der Waals surface area contributed by atoms with E-state index in [4.69, 9.17) is 15.0 Å². The van der Waals surface area contributed by atoms with Crippen LogP contribution in [-0.2, 0) is 17.9 Å². The number of benzene rings is 2. The lowest BCUT2D eigenvalue weighted by Gasteiger charge is -2.27. The summed E-state index contributed by atoms with van der Waals surface area (Å²) in [7, 11) is 0. The van der Waals surface area contributed by atoms with Crippen molar-refractivity contribution in [3.05, 3.63) is 114 Å². The van der Waals surface area contributed by atoms with Crippen LogP contribution in [0.15, 0.2) is 95.0 Å². The van der Waals surface area contributed by atoms with Crippen LogP contribution in [0.3, 0.4) is 0 Å². The molecule has 32 heavy (non-hydrogen) atoms. The zero-order chi connectivity index (χ0) is 21.9. The van der Waals surface area contributed by atoms with E-state index in [1.807, 2.05) is 47.4 Å². The molecule has 160 valence electrons. The second-order valence-electron chi connectivity index (χ2n) is 7.39. The van der Waals surface area contributed by atoms with Gasteiger partial charge in [0.2, 0.25) is 12.1 Å². The van der Waals surface area contributed by atoms with E-state index >= 15 is 0 Å². The summed E-state index contributed by atoms with van der Waals surface area (Å²) in [5, 5.41) is 4.32. The normalized spacial score (nSPS) is 15.5. The summed E-state index contributed by atoms with van der Waals surface area (Å²) < 4.78 is 20.2. The summed E-state index contributed by atoms with van der Waals surface area (Å²) in [6.07, 6.45) is 4.48. The Morgan fingerprint density at radius 1 is 0.938 bits per heavy atom. The van der Waals surface area contributed by atoms with E-state index in [0.29, 0.717) is 30.2 Å². The molecule has 1 unspecified atom stereocenters. The van der Waals surface area contributed by atoms with E-state index in [9.17, 15) is 4.39 Å². The molecule has 6 nitrogen and oxygen atoms in total. The Balaban J connectivity index is 1.58. The number of furan rings is 1. The summed E-state index contributed by atoms with van der Waals surface area (Å²) in [5.41, 5.74) is 9.96. The highest BCUT2D eigenvalue weighted by Gasteiger charge is 2.35. The van der Waals surface area contributed by atoms with Crippen LogP contribution in [0.25, 0.3) is 11.1 Å². The minimum atomic E-state index is -0.511. The number of halogens is 1. The lowest BCUT2D eigenvalue weighted by Crippen LogP contribution is -2.31. The smallest absolute Gasteiger partial charge is 0.228 e. The number of aromatic nitrogens is 1. The molecule has 2 aromatic carbocycles. The van der Waals surface area contributed by atoms with E-state index in [0.717, 1.165) is 22.3 Å². The predicted molar refractivity (Wildman–Crippen MR) is 119 cm³/mol. The molecule has 2 aromatic heterocycles. The maximum Gasteiger partial charge on any atom is 0.228 e. The molecule has 1 atom stereocenters.